The number of phenols is 1. The van der Waals surface area contributed by atoms with E-state index in [1.165, 1.54) is 18.9 Å². The van der Waals surface area contributed by atoms with Crippen LogP contribution in [0.25, 0.3) is 0 Å². The minimum absolute atomic E-state index is 0.111. The summed E-state index contributed by atoms with van der Waals surface area (Å²) in [7, 11) is 2.12. The van der Waals surface area contributed by atoms with Crippen LogP contribution < -0.4 is 5.32 Å². The van der Waals surface area contributed by atoms with E-state index in [1.54, 1.807) is 12.1 Å². The summed E-state index contributed by atoms with van der Waals surface area (Å²) in [6, 6.07) is 5.01. The summed E-state index contributed by atoms with van der Waals surface area (Å²) in [6.07, 6.45) is 2.36. The van der Waals surface area contributed by atoms with Gasteiger partial charge in [-0.3, -0.25) is 4.79 Å². The number of rotatable bonds is 3. The second-order valence-corrected chi connectivity index (χ2v) is 6.31. The van der Waals surface area contributed by atoms with Crippen LogP contribution in [0, 0.1) is 9.49 Å². The van der Waals surface area contributed by atoms with Gasteiger partial charge in [0.1, 0.15) is 5.75 Å². The normalized spacial score (nSPS) is 20.2. The smallest absolute Gasteiger partial charge is 0.251 e. The molecule has 1 aliphatic rings. The zero-order valence-corrected chi connectivity index (χ0v) is 13.2. The fraction of sp³-hybridized carbons (Fsp3) is 0.500. The van der Waals surface area contributed by atoms with Crippen molar-refractivity contribution in [1.29, 1.82) is 0 Å². The Bertz CT molecular complexity index is 465. The number of benzene rings is 1. The summed E-state index contributed by atoms with van der Waals surface area (Å²) in [6.45, 7) is 2.89. The van der Waals surface area contributed by atoms with Gasteiger partial charge in [0.2, 0.25) is 0 Å². The van der Waals surface area contributed by atoms with Crippen molar-refractivity contribution < 1.29 is 9.90 Å². The van der Waals surface area contributed by atoms with E-state index in [0.29, 0.717) is 18.0 Å². The van der Waals surface area contributed by atoms with Crippen LogP contribution in [0.1, 0.15) is 23.2 Å². The molecule has 2 rings (SSSR count). The van der Waals surface area contributed by atoms with Gasteiger partial charge in [0, 0.05) is 18.7 Å². The maximum absolute atomic E-state index is 12.0. The number of nitrogens with one attached hydrogen (secondary N) is 1. The van der Waals surface area contributed by atoms with Gasteiger partial charge in [-0.1, -0.05) is 0 Å². The van der Waals surface area contributed by atoms with Crippen LogP contribution in [-0.2, 0) is 0 Å². The molecule has 4 nitrogen and oxygen atoms in total. The minimum atomic E-state index is -0.111. The van der Waals surface area contributed by atoms with Crippen molar-refractivity contribution in [2.45, 2.75) is 12.8 Å². The highest BCUT2D eigenvalue weighted by atomic mass is 127. The maximum atomic E-state index is 12.0. The fourth-order valence-electron chi connectivity index (χ4n) is 2.43. The van der Waals surface area contributed by atoms with Gasteiger partial charge < -0.3 is 15.3 Å². The molecule has 2 N–H and O–H groups in total. The van der Waals surface area contributed by atoms with Gasteiger partial charge in [0.05, 0.1) is 3.57 Å². The van der Waals surface area contributed by atoms with Crippen LogP contribution in [0.3, 0.4) is 0 Å². The molecule has 0 radical (unpaired) electrons. The lowest BCUT2D eigenvalue weighted by Gasteiger charge is -2.29. The van der Waals surface area contributed by atoms with E-state index in [0.717, 1.165) is 16.7 Å². The first-order valence-electron chi connectivity index (χ1n) is 6.51. The van der Waals surface area contributed by atoms with Crippen LogP contribution in [0.4, 0.5) is 0 Å². The zero-order chi connectivity index (χ0) is 13.8. The highest BCUT2D eigenvalue weighted by Gasteiger charge is 2.18. The van der Waals surface area contributed by atoms with Crippen molar-refractivity contribution in [1.82, 2.24) is 10.2 Å². The van der Waals surface area contributed by atoms with Crippen molar-refractivity contribution in [3.05, 3.63) is 27.3 Å². The Morgan fingerprint density at radius 1 is 1.58 bits per heavy atom. The Morgan fingerprint density at radius 2 is 2.37 bits per heavy atom. The average molecular weight is 374 g/mol. The standard InChI is InChI=1S/C14H19IN2O2/c1-17-6-2-3-10(9-17)8-16-14(19)11-4-5-12(15)13(18)7-11/h4-5,7,10,18H,2-3,6,8-9H2,1H3,(H,16,19). The number of nitrogens with zero attached hydrogens (tertiary/aromatic N) is 1. The lowest BCUT2D eigenvalue weighted by Crippen LogP contribution is -2.39. The highest BCUT2D eigenvalue weighted by molar-refractivity contribution is 14.1. The molecule has 1 atom stereocenters. The molecule has 0 bridgehead atoms. The Balaban J connectivity index is 1.88. The second kappa shape index (κ2) is 6.56. The number of halogens is 1. The van der Waals surface area contributed by atoms with Gasteiger partial charge in [0.15, 0.2) is 0 Å². The number of carbonyl (C=O) groups excluding carboxylic acids is 1. The summed E-state index contributed by atoms with van der Waals surface area (Å²) in [5, 5.41) is 12.6. The van der Waals surface area contributed by atoms with E-state index in [2.05, 4.69) is 17.3 Å². The van der Waals surface area contributed by atoms with Crippen LogP contribution in [-0.4, -0.2) is 42.6 Å². The lowest BCUT2D eigenvalue weighted by molar-refractivity contribution is 0.0936. The minimum Gasteiger partial charge on any atom is -0.507 e. The molecule has 1 heterocycles. The molecule has 1 aromatic carbocycles. The first-order valence-corrected chi connectivity index (χ1v) is 7.59. The maximum Gasteiger partial charge on any atom is 0.251 e. The van der Waals surface area contributed by atoms with E-state index in [1.807, 2.05) is 22.6 Å². The Hall–Kier alpha value is -0.820. The molecule has 1 fully saturated rings. The first kappa shape index (κ1) is 14.6. The molecule has 0 aliphatic carbocycles. The quantitative estimate of drug-likeness (QED) is 0.797. The van der Waals surface area contributed by atoms with Crippen molar-refractivity contribution in [3.8, 4) is 5.75 Å². The summed E-state index contributed by atoms with van der Waals surface area (Å²) >= 11 is 2.04. The SMILES string of the molecule is CN1CCCC(CNC(=O)c2ccc(I)c(O)c2)C1. The van der Waals surface area contributed by atoms with Crippen molar-refractivity contribution in [2.24, 2.45) is 5.92 Å². The predicted octanol–water partition coefficient (Wildman–Crippen LogP) is 2.07. The molecule has 0 spiro atoms. The third-order valence-corrected chi connectivity index (χ3v) is 4.39. The molecule has 5 heteroatoms. The van der Waals surface area contributed by atoms with E-state index >= 15 is 0 Å². The molecule has 0 aromatic heterocycles. The van der Waals surface area contributed by atoms with Crippen molar-refractivity contribution in [3.63, 3.8) is 0 Å². The largest absolute Gasteiger partial charge is 0.507 e. The van der Waals surface area contributed by atoms with Crippen molar-refractivity contribution in [2.75, 3.05) is 26.7 Å². The van der Waals surface area contributed by atoms with Crippen molar-refractivity contribution >= 4 is 28.5 Å². The predicted molar refractivity (Wildman–Crippen MR) is 83.4 cm³/mol. The molecule has 1 aliphatic heterocycles. The number of hydrogen-bond acceptors (Lipinski definition) is 3. The molecule has 1 aromatic rings. The monoisotopic (exact) mass is 374 g/mol. The van der Waals surface area contributed by atoms with Crippen LogP contribution >= 0.6 is 22.6 Å². The van der Waals surface area contributed by atoms with Gasteiger partial charge in [-0.05, 0) is 73.1 Å². The molecular formula is C14H19IN2O2. The van der Waals surface area contributed by atoms with E-state index < -0.39 is 0 Å². The molecule has 1 unspecified atom stereocenters. The molecular weight excluding hydrogens is 355 g/mol. The number of likely N-dealkylation sites (tertiary alicyclic amines) is 1. The van der Waals surface area contributed by atoms with Gasteiger partial charge in [-0.25, -0.2) is 0 Å². The van der Waals surface area contributed by atoms with Crippen LogP contribution in [0.2, 0.25) is 0 Å². The summed E-state index contributed by atoms with van der Waals surface area (Å²) in [5.74, 6) is 0.575. The number of phenolic OH excluding ortho intramolecular Hbond substituents is 1. The van der Waals surface area contributed by atoms with Gasteiger partial charge in [-0.2, -0.15) is 0 Å². The summed E-state index contributed by atoms with van der Waals surface area (Å²) < 4.78 is 0.753. The number of piperidine rings is 1. The van der Waals surface area contributed by atoms with E-state index in [9.17, 15) is 9.90 Å². The molecule has 19 heavy (non-hydrogen) atoms. The van der Waals surface area contributed by atoms with Gasteiger partial charge >= 0.3 is 0 Å². The van der Waals surface area contributed by atoms with Gasteiger partial charge in [-0.15, -0.1) is 0 Å². The second-order valence-electron chi connectivity index (χ2n) is 5.15. The summed E-state index contributed by atoms with van der Waals surface area (Å²) in [4.78, 5) is 14.3. The third-order valence-electron chi connectivity index (χ3n) is 3.48. The average Bonchev–Trinajstić information content (AvgIpc) is 2.39. The first-order chi connectivity index (χ1) is 9.06. The number of aromatic hydroxyl groups is 1. The van der Waals surface area contributed by atoms with Crippen LogP contribution in [0.5, 0.6) is 5.75 Å². The molecule has 104 valence electrons. The molecule has 1 saturated heterocycles. The zero-order valence-electron chi connectivity index (χ0n) is 11.0. The van der Waals surface area contributed by atoms with E-state index in [-0.39, 0.29) is 11.7 Å². The number of hydrogen-bond donors (Lipinski definition) is 2. The number of carbonyl (C=O) groups is 1. The Kier molecular flexibility index (Phi) is 5.04. The third kappa shape index (κ3) is 4.07. The Labute approximate surface area is 127 Å². The van der Waals surface area contributed by atoms with E-state index in [4.69, 9.17) is 0 Å². The van der Waals surface area contributed by atoms with Gasteiger partial charge in [0.25, 0.3) is 5.91 Å². The fourth-order valence-corrected chi connectivity index (χ4v) is 2.77. The summed E-state index contributed by atoms with van der Waals surface area (Å²) in [5.41, 5.74) is 0.516. The topological polar surface area (TPSA) is 52.6 Å². The van der Waals surface area contributed by atoms with Crippen LogP contribution in [0.15, 0.2) is 18.2 Å². The molecule has 1 amide bonds. The molecule has 0 saturated carbocycles. The highest BCUT2D eigenvalue weighted by Crippen LogP contribution is 2.20. The number of amides is 1. The Morgan fingerprint density at radius 3 is 3.05 bits per heavy atom. The lowest BCUT2D eigenvalue weighted by atomic mass is 9.98.